The van der Waals surface area contributed by atoms with Gasteiger partial charge in [0.1, 0.15) is 16.6 Å². The van der Waals surface area contributed by atoms with Crippen LogP contribution in [0.25, 0.3) is 17.4 Å². The summed E-state index contributed by atoms with van der Waals surface area (Å²) in [5, 5.41) is 18.1. The summed E-state index contributed by atoms with van der Waals surface area (Å²) in [4.78, 5) is 17.8. The number of benzene rings is 1. The van der Waals surface area contributed by atoms with Crippen molar-refractivity contribution in [2.75, 3.05) is 0 Å². The number of nitrogens with zero attached hydrogens (tertiary/aromatic N) is 3. The average molecular weight is 453 g/mol. The number of carbonyl (C=O) groups excluding carboxylic acids is 1. The molecule has 0 atom stereocenters. The summed E-state index contributed by atoms with van der Waals surface area (Å²) in [5.41, 5.74) is 0.883. The largest absolute Gasteiger partial charge is 0.457 e. The summed E-state index contributed by atoms with van der Waals surface area (Å²) < 4.78 is 5.84. The third-order valence-electron chi connectivity index (χ3n) is 4.45. The van der Waals surface area contributed by atoms with Crippen LogP contribution in [0.15, 0.2) is 74.0 Å². The number of hydrazone groups is 1. The molecule has 0 unspecified atom stereocenters. The van der Waals surface area contributed by atoms with E-state index in [2.05, 4.69) is 10.1 Å². The van der Waals surface area contributed by atoms with Crippen molar-refractivity contribution in [2.45, 2.75) is 6.42 Å². The van der Waals surface area contributed by atoms with Gasteiger partial charge < -0.3 is 4.42 Å². The minimum atomic E-state index is -0.484. The molecule has 9 heteroatoms. The van der Waals surface area contributed by atoms with E-state index in [0.717, 1.165) is 15.5 Å². The Morgan fingerprint density at radius 1 is 1.17 bits per heavy atom. The van der Waals surface area contributed by atoms with Crippen molar-refractivity contribution in [2.24, 2.45) is 10.1 Å². The van der Waals surface area contributed by atoms with Gasteiger partial charge in [-0.2, -0.15) is 15.1 Å². The van der Waals surface area contributed by atoms with E-state index in [-0.39, 0.29) is 11.4 Å². The molecule has 148 valence electrons. The summed E-state index contributed by atoms with van der Waals surface area (Å²) in [5.74, 6) is 0.516. The zero-order chi connectivity index (χ0) is 20.7. The van der Waals surface area contributed by atoms with Gasteiger partial charge in [0.25, 0.3) is 5.91 Å². The molecule has 2 aliphatic heterocycles. The number of amides is 1. The molecule has 0 fully saturated rings. The number of nitrogens with one attached hydrogen (secondary N) is 1. The van der Waals surface area contributed by atoms with Gasteiger partial charge in [-0.05, 0) is 53.5 Å². The van der Waals surface area contributed by atoms with Gasteiger partial charge in [0, 0.05) is 16.9 Å². The number of furan rings is 1. The molecule has 30 heavy (non-hydrogen) atoms. The van der Waals surface area contributed by atoms with Gasteiger partial charge >= 0.3 is 0 Å². The van der Waals surface area contributed by atoms with Crippen LogP contribution < -0.4 is 0 Å². The smallest absolute Gasteiger partial charge is 0.283 e. The van der Waals surface area contributed by atoms with Gasteiger partial charge in [-0.3, -0.25) is 10.2 Å². The lowest BCUT2D eigenvalue weighted by atomic mass is 10.1. The Morgan fingerprint density at radius 2 is 2.03 bits per heavy atom. The minimum Gasteiger partial charge on any atom is -0.457 e. The SMILES string of the molecule is N=C1/C(=C/c2ccc(-c3ccccc3Cl)o2)C(=O)N=C2SC(Cc3cccs3)=NN12. The van der Waals surface area contributed by atoms with Crippen molar-refractivity contribution in [3.05, 3.63) is 75.1 Å². The zero-order valence-electron chi connectivity index (χ0n) is 15.3. The fourth-order valence-corrected chi connectivity index (χ4v) is 4.98. The number of thiophene rings is 1. The summed E-state index contributed by atoms with van der Waals surface area (Å²) in [6.07, 6.45) is 2.17. The lowest BCUT2D eigenvalue weighted by Gasteiger charge is -2.19. The van der Waals surface area contributed by atoms with Gasteiger partial charge in [0.05, 0.1) is 10.6 Å². The van der Waals surface area contributed by atoms with Gasteiger partial charge in [-0.1, -0.05) is 29.8 Å². The Bertz CT molecular complexity index is 1260. The number of hydrogen-bond donors (Lipinski definition) is 1. The fourth-order valence-electron chi connectivity index (χ4n) is 3.04. The second-order valence-corrected chi connectivity index (χ2v) is 8.93. The van der Waals surface area contributed by atoms with Gasteiger partial charge in [-0.25, -0.2) is 0 Å². The number of aliphatic imine (C=N–C) groups is 1. The summed E-state index contributed by atoms with van der Waals surface area (Å²) in [6.45, 7) is 0. The second-order valence-electron chi connectivity index (χ2n) is 6.45. The third-order valence-corrected chi connectivity index (χ3v) is 6.57. The highest BCUT2D eigenvalue weighted by Crippen LogP contribution is 2.32. The van der Waals surface area contributed by atoms with Crippen LogP contribution in [0.1, 0.15) is 10.6 Å². The van der Waals surface area contributed by atoms with E-state index in [1.165, 1.54) is 22.8 Å². The maximum Gasteiger partial charge on any atom is 0.283 e. The van der Waals surface area contributed by atoms with Crippen LogP contribution in [0.3, 0.4) is 0 Å². The molecule has 0 spiro atoms. The summed E-state index contributed by atoms with van der Waals surface area (Å²) in [6, 6.07) is 14.9. The number of fused-ring (bicyclic) bond motifs is 1. The lowest BCUT2D eigenvalue weighted by Crippen LogP contribution is -2.35. The van der Waals surface area contributed by atoms with E-state index in [0.29, 0.717) is 28.1 Å². The highest BCUT2D eigenvalue weighted by molar-refractivity contribution is 8.27. The summed E-state index contributed by atoms with van der Waals surface area (Å²) >= 11 is 9.19. The van der Waals surface area contributed by atoms with Gasteiger partial charge in [0.2, 0.25) is 5.17 Å². The topological polar surface area (TPSA) is 82.0 Å². The average Bonchev–Trinajstić information content (AvgIpc) is 3.47. The van der Waals surface area contributed by atoms with Crippen LogP contribution in [0.4, 0.5) is 0 Å². The maximum atomic E-state index is 12.6. The van der Waals surface area contributed by atoms with Crippen molar-refractivity contribution >= 4 is 62.7 Å². The molecule has 1 amide bonds. The maximum absolute atomic E-state index is 12.6. The molecule has 6 nitrogen and oxygen atoms in total. The van der Waals surface area contributed by atoms with Crippen molar-refractivity contribution in [1.29, 1.82) is 5.41 Å². The van der Waals surface area contributed by atoms with Gasteiger partial charge in [0.15, 0.2) is 5.84 Å². The first-order valence-electron chi connectivity index (χ1n) is 8.95. The predicted molar refractivity (Wildman–Crippen MR) is 122 cm³/mol. The first kappa shape index (κ1) is 19.0. The molecular formula is C21H13ClN4O2S2. The molecule has 1 N–H and O–H groups in total. The van der Waals surface area contributed by atoms with Crippen molar-refractivity contribution in [3.63, 3.8) is 0 Å². The first-order valence-corrected chi connectivity index (χ1v) is 11.0. The molecule has 1 aromatic carbocycles. The van der Waals surface area contributed by atoms with Crippen LogP contribution in [-0.2, 0) is 11.2 Å². The second kappa shape index (κ2) is 7.71. The van der Waals surface area contributed by atoms with Crippen LogP contribution in [0.5, 0.6) is 0 Å². The molecule has 0 saturated carbocycles. The molecule has 4 heterocycles. The summed E-state index contributed by atoms with van der Waals surface area (Å²) in [7, 11) is 0. The normalized spacial score (nSPS) is 17.4. The van der Waals surface area contributed by atoms with Crippen LogP contribution in [0, 0.1) is 5.41 Å². The van der Waals surface area contributed by atoms with Crippen molar-refractivity contribution in [3.8, 4) is 11.3 Å². The van der Waals surface area contributed by atoms with E-state index in [1.54, 1.807) is 29.5 Å². The molecule has 5 rings (SSSR count). The number of halogens is 1. The quantitative estimate of drug-likeness (QED) is 0.528. The number of rotatable bonds is 4. The zero-order valence-corrected chi connectivity index (χ0v) is 17.7. The lowest BCUT2D eigenvalue weighted by molar-refractivity contribution is -0.114. The Labute approximate surface area is 185 Å². The molecule has 0 radical (unpaired) electrons. The first-order chi connectivity index (χ1) is 14.6. The van der Waals surface area contributed by atoms with Crippen LogP contribution in [0.2, 0.25) is 5.02 Å². The van der Waals surface area contributed by atoms with E-state index in [9.17, 15) is 4.79 Å². The van der Waals surface area contributed by atoms with Crippen LogP contribution in [-0.4, -0.2) is 27.0 Å². The Hall–Kier alpha value is -2.94. The van der Waals surface area contributed by atoms with Gasteiger partial charge in [-0.15, -0.1) is 11.3 Å². The van der Waals surface area contributed by atoms with Crippen LogP contribution >= 0.6 is 34.7 Å². The minimum absolute atomic E-state index is 0.0191. The molecular weight excluding hydrogens is 440 g/mol. The monoisotopic (exact) mass is 452 g/mol. The molecule has 2 aromatic heterocycles. The highest BCUT2D eigenvalue weighted by atomic mass is 35.5. The number of amidine groups is 2. The fraction of sp³-hybridized carbons (Fsp3) is 0.0476. The predicted octanol–water partition coefficient (Wildman–Crippen LogP) is 5.52. The highest BCUT2D eigenvalue weighted by Gasteiger charge is 2.35. The Kier molecular flexibility index (Phi) is 4.90. The number of thioether (sulfide) groups is 1. The third kappa shape index (κ3) is 3.54. The van der Waals surface area contributed by atoms with E-state index >= 15 is 0 Å². The number of hydrogen-bond acceptors (Lipinski definition) is 6. The molecule has 2 aliphatic rings. The molecule has 0 saturated heterocycles. The number of carbonyl (C=O) groups is 1. The van der Waals surface area contributed by atoms with E-state index in [4.69, 9.17) is 21.4 Å². The Balaban J connectivity index is 1.42. The van der Waals surface area contributed by atoms with Crippen molar-refractivity contribution < 1.29 is 9.21 Å². The molecule has 0 aliphatic carbocycles. The van der Waals surface area contributed by atoms with E-state index in [1.807, 2.05) is 35.7 Å². The Morgan fingerprint density at radius 3 is 2.83 bits per heavy atom. The molecule has 0 bridgehead atoms. The van der Waals surface area contributed by atoms with Crippen molar-refractivity contribution in [1.82, 2.24) is 5.01 Å². The van der Waals surface area contributed by atoms with E-state index < -0.39 is 5.91 Å². The standard InChI is InChI=1S/C21H13ClN4O2S2/c22-16-6-2-1-5-14(16)17-8-7-12(28-17)10-15-19(23)26-21(24-20(15)27)30-18(25-26)11-13-4-3-9-29-13/h1-10,23H,11H2/b15-10-,23-19?. The molecule has 3 aromatic rings.